The molecule has 4 aromatic rings. The van der Waals surface area contributed by atoms with Gasteiger partial charge in [0.15, 0.2) is 0 Å². The van der Waals surface area contributed by atoms with Crippen LogP contribution in [0.15, 0.2) is 108 Å². The summed E-state index contributed by atoms with van der Waals surface area (Å²) in [6, 6.07) is 29.2. The number of anilines is 1. The summed E-state index contributed by atoms with van der Waals surface area (Å²) in [4.78, 5) is 29.4. The number of amides is 2. The van der Waals surface area contributed by atoms with Crippen LogP contribution in [0.4, 0.5) is 5.69 Å². The van der Waals surface area contributed by atoms with Crippen molar-refractivity contribution in [2.24, 2.45) is 0 Å². The van der Waals surface area contributed by atoms with Crippen molar-refractivity contribution in [3.05, 3.63) is 120 Å². The summed E-state index contributed by atoms with van der Waals surface area (Å²) in [6.45, 7) is 9.22. The number of carbonyl (C=O) groups is 2. The molecule has 0 bridgehead atoms. The number of hydrogen-bond acceptors (Lipinski definition) is 5. The molecule has 9 heteroatoms. The largest absolute Gasteiger partial charge is 0.457 e. The predicted molar refractivity (Wildman–Crippen MR) is 182 cm³/mol. The van der Waals surface area contributed by atoms with Gasteiger partial charge < -0.3 is 15.0 Å². The van der Waals surface area contributed by atoms with E-state index in [2.05, 4.69) is 5.32 Å². The van der Waals surface area contributed by atoms with Crippen molar-refractivity contribution in [1.82, 2.24) is 10.2 Å². The van der Waals surface area contributed by atoms with Crippen molar-refractivity contribution in [3.63, 3.8) is 0 Å². The summed E-state index contributed by atoms with van der Waals surface area (Å²) in [5, 5.41) is 3.01. The molecule has 0 spiro atoms. The monoisotopic (exact) mass is 641 g/mol. The molecule has 1 N–H and O–H groups in total. The summed E-state index contributed by atoms with van der Waals surface area (Å²) >= 11 is 0. The Bertz CT molecular complexity index is 1710. The van der Waals surface area contributed by atoms with Gasteiger partial charge in [0.25, 0.3) is 10.0 Å². The van der Waals surface area contributed by atoms with E-state index in [1.165, 1.54) is 17.0 Å². The van der Waals surface area contributed by atoms with Crippen molar-refractivity contribution in [2.45, 2.75) is 71.0 Å². The molecule has 0 radical (unpaired) electrons. The molecule has 0 unspecified atom stereocenters. The van der Waals surface area contributed by atoms with Crippen LogP contribution in [0.1, 0.15) is 50.3 Å². The summed E-state index contributed by atoms with van der Waals surface area (Å²) in [7, 11) is -4.18. The highest BCUT2D eigenvalue weighted by Gasteiger charge is 2.34. The number of carbonyl (C=O) groups excluding carboxylic acids is 2. The van der Waals surface area contributed by atoms with Crippen molar-refractivity contribution < 1.29 is 22.7 Å². The molecular formula is C37H43N3O5S. The van der Waals surface area contributed by atoms with E-state index >= 15 is 0 Å². The summed E-state index contributed by atoms with van der Waals surface area (Å²) in [5.41, 5.74) is 3.05. The summed E-state index contributed by atoms with van der Waals surface area (Å²) in [6.07, 6.45) is 1.09. The average Bonchev–Trinajstić information content (AvgIpc) is 3.05. The fraction of sp³-hybridized carbons (Fsp3) is 0.297. The molecule has 0 aromatic heterocycles. The van der Waals surface area contributed by atoms with Crippen LogP contribution in [0.25, 0.3) is 0 Å². The van der Waals surface area contributed by atoms with E-state index < -0.39 is 28.5 Å². The Hall–Kier alpha value is -4.63. The number of para-hydroxylation sites is 1. The maximum Gasteiger partial charge on any atom is 0.264 e. The molecule has 0 aliphatic carbocycles. The van der Waals surface area contributed by atoms with E-state index in [1.54, 1.807) is 36.4 Å². The minimum atomic E-state index is -4.18. The van der Waals surface area contributed by atoms with Gasteiger partial charge in [-0.15, -0.1) is 0 Å². The van der Waals surface area contributed by atoms with Gasteiger partial charge in [-0.1, -0.05) is 74.0 Å². The van der Waals surface area contributed by atoms with Gasteiger partial charge in [0, 0.05) is 12.6 Å². The SMILES string of the molecule is CC[C@H](C)NC(=O)[C@H](CC)N(Cc1ccccc1C)C(=O)CN(c1ccc(Oc2ccccc2)cc1)S(=O)(=O)c1ccc(C)cc1. The maximum absolute atomic E-state index is 14.4. The Balaban J connectivity index is 1.73. The maximum atomic E-state index is 14.4. The third-order valence-corrected chi connectivity index (χ3v) is 9.77. The summed E-state index contributed by atoms with van der Waals surface area (Å²) < 4.78 is 35.4. The number of hydrogen-bond donors (Lipinski definition) is 1. The Labute approximate surface area is 273 Å². The molecule has 242 valence electrons. The zero-order chi connectivity index (χ0) is 33.3. The highest BCUT2D eigenvalue weighted by Crippen LogP contribution is 2.29. The van der Waals surface area contributed by atoms with Crippen LogP contribution in [-0.2, 0) is 26.2 Å². The minimum absolute atomic E-state index is 0.0579. The van der Waals surface area contributed by atoms with E-state index in [4.69, 9.17) is 4.74 Å². The number of nitrogens with one attached hydrogen (secondary N) is 1. The van der Waals surface area contributed by atoms with Crippen LogP contribution in [0.2, 0.25) is 0 Å². The molecule has 2 amide bonds. The highest BCUT2D eigenvalue weighted by atomic mass is 32.2. The van der Waals surface area contributed by atoms with E-state index in [0.29, 0.717) is 23.6 Å². The predicted octanol–water partition coefficient (Wildman–Crippen LogP) is 7.01. The standard InChI is InChI=1S/C37H43N3O5S/c1-6-29(5)38-37(42)35(7-2)39(25-30-14-12-11-13-28(30)4)36(41)26-40(46(43,44)34-23-17-27(3)18-24-34)31-19-21-33(22-20-31)45-32-15-9-8-10-16-32/h8-24,29,35H,6-7,25-26H2,1-5H3,(H,38,42)/t29-,35-/m0/s1. The molecule has 0 fully saturated rings. The van der Waals surface area contributed by atoms with Crippen molar-refractivity contribution in [1.29, 1.82) is 0 Å². The number of rotatable bonds is 14. The minimum Gasteiger partial charge on any atom is -0.457 e. The van der Waals surface area contributed by atoms with Gasteiger partial charge in [0.05, 0.1) is 10.6 Å². The molecule has 4 rings (SSSR count). The lowest BCUT2D eigenvalue weighted by molar-refractivity contribution is -0.140. The smallest absolute Gasteiger partial charge is 0.264 e. The van der Waals surface area contributed by atoms with Crippen molar-refractivity contribution >= 4 is 27.5 Å². The molecule has 0 aliphatic heterocycles. The van der Waals surface area contributed by atoms with Crippen LogP contribution >= 0.6 is 0 Å². The number of benzene rings is 4. The number of aryl methyl sites for hydroxylation is 2. The van der Waals surface area contributed by atoms with E-state index in [-0.39, 0.29) is 23.4 Å². The normalized spacial score (nSPS) is 12.5. The van der Waals surface area contributed by atoms with Crippen LogP contribution in [-0.4, -0.2) is 43.8 Å². The lowest BCUT2D eigenvalue weighted by Gasteiger charge is -2.34. The van der Waals surface area contributed by atoms with E-state index in [0.717, 1.165) is 27.4 Å². The van der Waals surface area contributed by atoms with Gasteiger partial charge in [-0.3, -0.25) is 13.9 Å². The third kappa shape index (κ3) is 8.54. The Morgan fingerprint density at radius 2 is 1.39 bits per heavy atom. The first kappa shape index (κ1) is 34.2. The van der Waals surface area contributed by atoms with Crippen molar-refractivity contribution in [2.75, 3.05) is 10.8 Å². The first-order valence-electron chi connectivity index (χ1n) is 15.6. The second-order valence-electron chi connectivity index (χ2n) is 11.4. The van der Waals surface area contributed by atoms with Crippen LogP contribution in [0.3, 0.4) is 0 Å². The molecule has 8 nitrogen and oxygen atoms in total. The van der Waals surface area contributed by atoms with Gasteiger partial charge in [-0.2, -0.15) is 0 Å². The second-order valence-corrected chi connectivity index (χ2v) is 13.3. The first-order valence-corrected chi connectivity index (χ1v) is 17.0. The molecule has 0 aliphatic rings. The van der Waals surface area contributed by atoms with Gasteiger partial charge in [0.1, 0.15) is 24.1 Å². The second kappa shape index (κ2) is 15.6. The molecule has 2 atom stereocenters. The average molecular weight is 642 g/mol. The molecular weight excluding hydrogens is 598 g/mol. The van der Waals surface area contributed by atoms with Crippen LogP contribution in [0, 0.1) is 13.8 Å². The lowest BCUT2D eigenvalue weighted by Crippen LogP contribution is -2.53. The van der Waals surface area contributed by atoms with E-state index in [1.807, 2.05) is 89.2 Å². The number of nitrogens with zero attached hydrogens (tertiary/aromatic N) is 2. The molecule has 46 heavy (non-hydrogen) atoms. The lowest BCUT2D eigenvalue weighted by atomic mass is 10.1. The Morgan fingerprint density at radius 1 is 0.783 bits per heavy atom. The van der Waals surface area contributed by atoms with Crippen LogP contribution in [0.5, 0.6) is 11.5 Å². The first-order chi connectivity index (χ1) is 22.0. The zero-order valence-electron chi connectivity index (χ0n) is 27.1. The van der Waals surface area contributed by atoms with Crippen LogP contribution < -0.4 is 14.4 Å². The van der Waals surface area contributed by atoms with Gasteiger partial charge in [0.2, 0.25) is 11.8 Å². The fourth-order valence-corrected chi connectivity index (χ4v) is 6.42. The molecule has 0 saturated carbocycles. The summed E-state index contributed by atoms with van der Waals surface area (Å²) in [5.74, 6) is 0.398. The molecule has 0 heterocycles. The molecule has 0 saturated heterocycles. The Kier molecular flexibility index (Phi) is 11.6. The number of ether oxygens (including phenoxy) is 1. The van der Waals surface area contributed by atoms with Gasteiger partial charge in [-0.05, 0) is 93.3 Å². The molecule has 4 aromatic carbocycles. The Morgan fingerprint density at radius 3 is 2.00 bits per heavy atom. The third-order valence-electron chi connectivity index (χ3n) is 7.98. The van der Waals surface area contributed by atoms with Gasteiger partial charge >= 0.3 is 0 Å². The van der Waals surface area contributed by atoms with Crippen molar-refractivity contribution in [3.8, 4) is 11.5 Å². The van der Waals surface area contributed by atoms with Gasteiger partial charge in [-0.25, -0.2) is 8.42 Å². The highest BCUT2D eigenvalue weighted by molar-refractivity contribution is 7.92. The number of sulfonamides is 1. The van der Waals surface area contributed by atoms with E-state index in [9.17, 15) is 18.0 Å². The quantitative estimate of drug-likeness (QED) is 0.160. The zero-order valence-corrected chi connectivity index (χ0v) is 28.0. The topological polar surface area (TPSA) is 96.0 Å². The fourth-order valence-electron chi connectivity index (χ4n) is 5.00.